The molecule has 3 heterocycles. The molecule has 0 amide bonds. The van der Waals surface area contributed by atoms with Crippen molar-refractivity contribution in [3.05, 3.63) is 180 Å². The lowest BCUT2D eigenvalue weighted by Crippen LogP contribution is -2.13. The first-order valence-corrected chi connectivity index (χ1v) is 18.6. The molecule has 0 unspecified atom stereocenters. The first kappa shape index (κ1) is 44.2. The fourth-order valence-electron chi connectivity index (χ4n) is 4.54. The lowest BCUT2D eigenvalue weighted by Gasteiger charge is -2.08. The van der Waals surface area contributed by atoms with Gasteiger partial charge in [-0.2, -0.15) is 0 Å². The number of carbonyl (C=O) groups is 2. The number of nitrogens with two attached hydrogens (primary N) is 1. The van der Waals surface area contributed by atoms with E-state index in [0.717, 1.165) is 66.8 Å². The molecule has 56 heavy (non-hydrogen) atoms. The Bertz CT molecular complexity index is 1940. The number of benzene rings is 3. The standard InChI is InChI=1S/C16H20N2O.C14H13NO2.C13H11NO2.C3H9N/c1-2-8-17-10-15-9-16(12-18-11-15)19-13-14-6-4-3-5-7-14;1-11(16)13-7-14(9-15-8-13)17-10-12-5-3-2-4-6-12;15-9-12-6-13(8-14-7-12)16-10-11-4-2-1-3-5-11;1-2-3-4/h3-7,9,11-12,17H,2,8,10,13H2,1H3;2-9H,10H2,1H3;1-9H,10H2;2-4H2,1H3. The number of hydrogen-bond donors (Lipinski definition) is 2. The third-order valence-corrected chi connectivity index (χ3v) is 7.55. The summed E-state index contributed by atoms with van der Waals surface area (Å²) in [5.74, 6) is 2.03. The van der Waals surface area contributed by atoms with Crippen LogP contribution in [0.4, 0.5) is 0 Å². The normalized spacial score (nSPS) is 9.86. The lowest BCUT2D eigenvalue weighted by molar-refractivity contribution is 0.101. The smallest absolute Gasteiger partial charge is 0.161 e. The molecule has 0 aliphatic carbocycles. The van der Waals surface area contributed by atoms with Crippen molar-refractivity contribution in [3.63, 3.8) is 0 Å². The van der Waals surface area contributed by atoms with Crippen molar-refractivity contribution in [2.24, 2.45) is 5.73 Å². The van der Waals surface area contributed by atoms with E-state index >= 15 is 0 Å². The van der Waals surface area contributed by atoms with Gasteiger partial charge in [0, 0.05) is 36.3 Å². The van der Waals surface area contributed by atoms with E-state index in [1.54, 1.807) is 30.7 Å². The Morgan fingerprint density at radius 1 is 0.607 bits per heavy atom. The van der Waals surface area contributed by atoms with Gasteiger partial charge in [0.25, 0.3) is 0 Å². The first-order chi connectivity index (χ1) is 27.4. The molecule has 0 atom stereocenters. The predicted octanol–water partition coefficient (Wildman–Crippen LogP) is 8.85. The number of aldehydes is 1. The van der Waals surface area contributed by atoms with E-state index in [4.69, 9.17) is 19.9 Å². The second-order valence-electron chi connectivity index (χ2n) is 12.4. The zero-order chi connectivity index (χ0) is 40.1. The lowest BCUT2D eigenvalue weighted by atomic mass is 10.2. The zero-order valence-electron chi connectivity index (χ0n) is 32.6. The average Bonchev–Trinajstić information content (AvgIpc) is 3.26. The minimum absolute atomic E-state index is 0.0114. The van der Waals surface area contributed by atoms with Crippen LogP contribution in [-0.4, -0.2) is 40.1 Å². The summed E-state index contributed by atoms with van der Waals surface area (Å²) in [6.45, 7) is 9.93. The average molecular weight is 756 g/mol. The maximum absolute atomic E-state index is 11.2. The molecule has 6 rings (SSSR count). The number of ether oxygens (including phenoxy) is 3. The van der Waals surface area contributed by atoms with Gasteiger partial charge in [0.05, 0.1) is 18.6 Å². The van der Waals surface area contributed by atoms with E-state index < -0.39 is 0 Å². The van der Waals surface area contributed by atoms with Crippen molar-refractivity contribution in [1.82, 2.24) is 20.3 Å². The number of nitrogens with zero attached hydrogens (tertiary/aromatic N) is 3. The molecule has 0 fully saturated rings. The number of hydrogen-bond acceptors (Lipinski definition) is 10. The van der Waals surface area contributed by atoms with Crippen molar-refractivity contribution >= 4 is 12.1 Å². The summed E-state index contributed by atoms with van der Waals surface area (Å²) in [5, 5.41) is 3.36. The molecule has 10 nitrogen and oxygen atoms in total. The third kappa shape index (κ3) is 18.7. The molecule has 0 bridgehead atoms. The molecule has 0 aliphatic heterocycles. The quantitative estimate of drug-likeness (QED) is 0.0560. The highest BCUT2D eigenvalue weighted by atomic mass is 16.5. The maximum Gasteiger partial charge on any atom is 0.161 e. The Kier molecular flexibility index (Phi) is 21.6. The van der Waals surface area contributed by atoms with Gasteiger partial charge >= 0.3 is 0 Å². The van der Waals surface area contributed by atoms with Gasteiger partial charge in [-0.25, -0.2) is 0 Å². The summed E-state index contributed by atoms with van der Waals surface area (Å²) in [4.78, 5) is 33.8. The van der Waals surface area contributed by atoms with E-state index in [1.165, 1.54) is 19.3 Å². The van der Waals surface area contributed by atoms with Gasteiger partial charge in [-0.05, 0) is 73.3 Å². The summed E-state index contributed by atoms with van der Waals surface area (Å²) in [5.41, 5.74) is 10.6. The van der Waals surface area contributed by atoms with Gasteiger partial charge in [-0.3, -0.25) is 24.5 Å². The Balaban J connectivity index is 0.000000215. The van der Waals surface area contributed by atoms with Crippen LogP contribution in [0.5, 0.6) is 17.2 Å². The van der Waals surface area contributed by atoms with Crippen LogP contribution in [-0.2, 0) is 26.4 Å². The van der Waals surface area contributed by atoms with E-state index in [9.17, 15) is 9.59 Å². The second-order valence-corrected chi connectivity index (χ2v) is 12.4. The van der Waals surface area contributed by atoms with Crippen LogP contribution in [0.2, 0.25) is 0 Å². The van der Waals surface area contributed by atoms with Crippen molar-refractivity contribution in [3.8, 4) is 17.2 Å². The molecule has 0 aliphatic rings. The van der Waals surface area contributed by atoms with Crippen molar-refractivity contribution in [2.75, 3.05) is 13.1 Å². The Labute approximate surface area is 331 Å². The van der Waals surface area contributed by atoms with Crippen molar-refractivity contribution in [2.45, 2.75) is 60.0 Å². The van der Waals surface area contributed by atoms with E-state index in [0.29, 0.717) is 42.4 Å². The van der Waals surface area contributed by atoms with Crippen LogP contribution >= 0.6 is 0 Å². The minimum Gasteiger partial charge on any atom is -0.487 e. The first-order valence-electron chi connectivity index (χ1n) is 18.6. The zero-order valence-corrected chi connectivity index (χ0v) is 32.6. The molecule has 0 radical (unpaired) electrons. The number of ketones is 1. The molecule has 0 saturated heterocycles. The third-order valence-electron chi connectivity index (χ3n) is 7.55. The number of pyridine rings is 3. The van der Waals surface area contributed by atoms with Gasteiger partial charge < -0.3 is 25.3 Å². The Morgan fingerprint density at radius 2 is 1.05 bits per heavy atom. The van der Waals surface area contributed by atoms with Crippen LogP contribution in [0.15, 0.2) is 146 Å². The maximum atomic E-state index is 11.2. The summed E-state index contributed by atoms with van der Waals surface area (Å²) in [6.07, 6.45) is 12.9. The van der Waals surface area contributed by atoms with Crippen molar-refractivity contribution in [1.29, 1.82) is 0 Å². The van der Waals surface area contributed by atoms with Gasteiger partial charge in [0.1, 0.15) is 37.1 Å². The fraction of sp³-hybridized carbons (Fsp3) is 0.239. The van der Waals surface area contributed by atoms with Gasteiger partial charge in [0.15, 0.2) is 12.1 Å². The summed E-state index contributed by atoms with van der Waals surface area (Å²) in [7, 11) is 0. The summed E-state index contributed by atoms with van der Waals surface area (Å²) < 4.78 is 16.8. The van der Waals surface area contributed by atoms with Crippen LogP contribution in [0.1, 0.15) is 76.6 Å². The number of Topliss-reactive ketones (excluding diaryl/α,β-unsaturated/α-hetero) is 1. The van der Waals surface area contributed by atoms with Crippen LogP contribution in [0.3, 0.4) is 0 Å². The molecule has 3 aromatic carbocycles. The molecule has 0 spiro atoms. The molecule has 3 aromatic heterocycles. The van der Waals surface area contributed by atoms with Gasteiger partial charge in [-0.15, -0.1) is 0 Å². The Hall–Kier alpha value is -6.23. The largest absolute Gasteiger partial charge is 0.487 e. The molecule has 10 heteroatoms. The highest BCUT2D eigenvalue weighted by Gasteiger charge is 2.03. The Morgan fingerprint density at radius 3 is 1.50 bits per heavy atom. The SMILES string of the molecule is CC(=O)c1cncc(OCc2ccccc2)c1.CCCN.CCCNCc1cncc(OCc2ccccc2)c1.O=Cc1cncc(OCc2ccccc2)c1. The number of carbonyl (C=O) groups excluding carboxylic acids is 2. The summed E-state index contributed by atoms with van der Waals surface area (Å²) >= 11 is 0. The van der Waals surface area contributed by atoms with E-state index in [-0.39, 0.29) is 5.78 Å². The highest BCUT2D eigenvalue weighted by molar-refractivity contribution is 5.94. The molecule has 292 valence electrons. The van der Waals surface area contributed by atoms with Gasteiger partial charge in [-0.1, -0.05) is 105 Å². The molecule has 6 aromatic rings. The molecule has 3 N–H and O–H groups in total. The fourth-order valence-corrected chi connectivity index (χ4v) is 4.54. The van der Waals surface area contributed by atoms with E-state index in [1.807, 2.05) is 91.1 Å². The van der Waals surface area contributed by atoms with E-state index in [2.05, 4.69) is 46.2 Å². The summed E-state index contributed by atoms with van der Waals surface area (Å²) in [6, 6.07) is 35.3. The topological polar surface area (TPSA) is 139 Å². The number of aromatic nitrogens is 3. The van der Waals surface area contributed by atoms with Gasteiger partial charge in [0.2, 0.25) is 0 Å². The second kappa shape index (κ2) is 27.4. The monoisotopic (exact) mass is 755 g/mol. The highest BCUT2D eigenvalue weighted by Crippen LogP contribution is 2.15. The number of rotatable bonds is 16. The molecular formula is C46H53N5O5. The predicted molar refractivity (Wildman–Crippen MR) is 222 cm³/mol. The number of nitrogens with one attached hydrogen (secondary N) is 1. The van der Waals surface area contributed by atoms with Crippen LogP contribution in [0, 0.1) is 0 Å². The van der Waals surface area contributed by atoms with Crippen molar-refractivity contribution < 1.29 is 23.8 Å². The van der Waals surface area contributed by atoms with Crippen LogP contribution < -0.4 is 25.3 Å². The van der Waals surface area contributed by atoms with Crippen LogP contribution in [0.25, 0.3) is 0 Å². The molecule has 0 saturated carbocycles. The molecular weight excluding hydrogens is 703 g/mol. The minimum atomic E-state index is -0.0114.